The minimum absolute atomic E-state index is 0.00440. The normalized spacial score (nSPS) is 22.5. The van der Waals surface area contributed by atoms with Crippen molar-refractivity contribution in [1.82, 2.24) is 24.6 Å². The topological polar surface area (TPSA) is 69.2 Å². The van der Waals surface area contributed by atoms with Crippen molar-refractivity contribution in [2.75, 3.05) is 65.4 Å². The monoisotopic (exact) mass is 415 g/mol. The molecule has 3 aliphatic heterocycles. The Kier molecular flexibility index (Phi) is 6.24. The Labute approximate surface area is 178 Å². The summed E-state index contributed by atoms with van der Waals surface area (Å²) in [5.74, 6) is 0.00440. The quantitative estimate of drug-likeness (QED) is 0.725. The number of nitrogens with zero attached hydrogens (tertiary/aromatic N) is 5. The van der Waals surface area contributed by atoms with Crippen molar-refractivity contribution in [3.05, 3.63) is 29.6 Å². The van der Waals surface area contributed by atoms with Crippen LogP contribution in [0.1, 0.15) is 35.8 Å². The third-order valence-electron chi connectivity index (χ3n) is 6.76. The highest BCUT2D eigenvalue weighted by Gasteiger charge is 2.47. The van der Waals surface area contributed by atoms with Gasteiger partial charge in [-0.1, -0.05) is 6.92 Å². The van der Waals surface area contributed by atoms with Crippen LogP contribution in [0.4, 0.5) is 4.79 Å². The molecular weight excluding hydrogens is 382 g/mol. The minimum Gasteiger partial charge on any atom is -0.441 e. The number of rotatable bonds is 5. The van der Waals surface area contributed by atoms with E-state index in [0.717, 1.165) is 45.0 Å². The molecule has 0 atom stereocenters. The van der Waals surface area contributed by atoms with Crippen LogP contribution in [-0.4, -0.2) is 108 Å². The largest absolute Gasteiger partial charge is 0.441 e. The summed E-state index contributed by atoms with van der Waals surface area (Å²) in [4.78, 5) is 38.0. The van der Waals surface area contributed by atoms with Crippen LogP contribution in [0, 0.1) is 6.92 Å². The molecular formula is C22H33N5O3. The van der Waals surface area contributed by atoms with Gasteiger partial charge in [-0.15, -0.1) is 0 Å². The second-order valence-electron chi connectivity index (χ2n) is 8.73. The number of hydrogen-bond acceptors (Lipinski definition) is 6. The molecule has 8 nitrogen and oxygen atoms in total. The molecule has 1 spiro atoms. The predicted molar refractivity (Wildman–Crippen MR) is 113 cm³/mol. The molecule has 3 aliphatic rings. The van der Waals surface area contributed by atoms with E-state index < -0.39 is 5.60 Å². The molecule has 1 aromatic rings. The molecule has 8 heteroatoms. The lowest BCUT2D eigenvalue weighted by molar-refractivity contribution is 0.00311. The van der Waals surface area contributed by atoms with Crippen molar-refractivity contribution < 1.29 is 14.3 Å². The molecule has 0 radical (unpaired) electrons. The summed E-state index contributed by atoms with van der Waals surface area (Å²) in [6.45, 7) is 13.0. The smallest absolute Gasteiger partial charge is 0.410 e. The van der Waals surface area contributed by atoms with E-state index in [-0.39, 0.29) is 12.0 Å². The number of amides is 2. The van der Waals surface area contributed by atoms with Crippen LogP contribution in [0.5, 0.6) is 0 Å². The van der Waals surface area contributed by atoms with E-state index in [1.807, 2.05) is 28.9 Å². The van der Waals surface area contributed by atoms with Crippen LogP contribution in [-0.2, 0) is 4.74 Å². The van der Waals surface area contributed by atoms with Crippen LogP contribution >= 0.6 is 0 Å². The first-order valence-corrected chi connectivity index (χ1v) is 11.1. The lowest BCUT2D eigenvalue weighted by Gasteiger charge is -2.37. The van der Waals surface area contributed by atoms with Gasteiger partial charge in [0.1, 0.15) is 5.60 Å². The third kappa shape index (κ3) is 4.59. The standard InChI is InChI=1S/C22H33N5O3/c1-3-24-10-12-25(13-11-24)14-15-27-17-22(30-21(27)29)6-8-26(9-7-22)20(28)19-5-4-18(2)23-16-19/h4-5,16H,3,6-15,17H2,1-2H3. The molecule has 30 heavy (non-hydrogen) atoms. The molecule has 164 valence electrons. The Morgan fingerprint density at radius 3 is 2.40 bits per heavy atom. The van der Waals surface area contributed by atoms with Gasteiger partial charge in [0.15, 0.2) is 0 Å². The molecule has 0 bridgehead atoms. The average molecular weight is 416 g/mol. The average Bonchev–Trinajstić information content (AvgIpc) is 3.08. The Morgan fingerprint density at radius 2 is 1.77 bits per heavy atom. The molecule has 3 saturated heterocycles. The second-order valence-corrected chi connectivity index (χ2v) is 8.73. The number of aromatic nitrogens is 1. The number of carbonyl (C=O) groups is 2. The van der Waals surface area contributed by atoms with Gasteiger partial charge in [0, 0.05) is 77.1 Å². The Bertz CT molecular complexity index is 753. The fourth-order valence-electron chi connectivity index (χ4n) is 4.61. The summed E-state index contributed by atoms with van der Waals surface area (Å²) < 4.78 is 5.84. The minimum atomic E-state index is -0.444. The second kappa shape index (κ2) is 8.89. The zero-order chi connectivity index (χ0) is 21.1. The van der Waals surface area contributed by atoms with Crippen LogP contribution in [0.25, 0.3) is 0 Å². The number of piperazine rings is 1. The summed E-state index contributed by atoms with van der Waals surface area (Å²) in [5, 5.41) is 0. The molecule has 0 aliphatic carbocycles. The van der Waals surface area contributed by atoms with Crippen LogP contribution in [0.2, 0.25) is 0 Å². The lowest BCUT2D eigenvalue weighted by Crippen LogP contribution is -2.50. The van der Waals surface area contributed by atoms with Crippen molar-refractivity contribution in [3.63, 3.8) is 0 Å². The lowest BCUT2D eigenvalue weighted by atomic mass is 9.91. The summed E-state index contributed by atoms with van der Waals surface area (Å²) in [6, 6.07) is 3.68. The molecule has 4 heterocycles. The maximum Gasteiger partial charge on any atom is 0.410 e. The summed E-state index contributed by atoms with van der Waals surface area (Å²) in [5.41, 5.74) is 1.07. The number of likely N-dealkylation sites (N-methyl/N-ethyl adjacent to an activating group) is 1. The molecule has 4 rings (SSSR count). The van der Waals surface area contributed by atoms with Crippen molar-refractivity contribution in [3.8, 4) is 0 Å². The fourth-order valence-corrected chi connectivity index (χ4v) is 4.61. The number of ether oxygens (including phenoxy) is 1. The van der Waals surface area contributed by atoms with Gasteiger partial charge in [-0.3, -0.25) is 14.7 Å². The number of aryl methyl sites for hydroxylation is 1. The van der Waals surface area contributed by atoms with E-state index in [1.54, 1.807) is 6.20 Å². The summed E-state index contributed by atoms with van der Waals surface area (Å²) in [6.07, 6.45) is 2.81. The van der Waals surface area contributed by atoms with Crippen molar-refractivity contribution in [1.29, 1.82) is 0 Å². The first-order chi connectivity index (χ1) is 14.5. The third-order valence-corrected chi connectivity index (χ3v) is 6.76. The molecule has 0 unspecified atom stereocenters. The highest BCUT2D eigenvalue weighted by atomic mass is 16.6. The van der Waals surface area contributed by atoms with E-state index in [0.29, 0.717) is 44.6 Å². The Morgan fingerprint density at radius 1 is 1.07 bits per heavy atom. The van der Waals surface area contributed by atoms with E-state index in [1.165, 1.54) is 0 Å². The Balaban J connectivity index is 1.26. The molecule has 3 fully saturated rings. The van der Waals surface area contributed by atoms with Gasteiger partial charge in [0.2, 0.25) is 0 Å². The molecule has 0 saturated carbocycles. The van der Waals surface area contributed by atoms with Crippen molar-refractivity contribution in [2.24, 2.45) is 0 Å². The molecule has 2 amide bonds. The summed E-state index contributed by atoms with van der Waals surface area (Å²) in [7, 11) is 0. The van der Waals surface area contributed by atoms with E-state index in [9.17, 15) is 9.59 Å². The number of likely N-dealkylation sites (tertiary alicyclic amines) is 1. The zero-order valence-electron chi connectivity index (χ0n) is 18.2. The van der Waals surface area contributed by atoms with Gasteiger partial charge in [0.25, 0.3) is 5.91 Å². The van der Waals surface area contributed by atoms with Gasteiger partial charge in [-0.2, -0.15) is 0 Å². The molecule has 1 aromatic heterocycles. The predicted octanol–water partition coefficient (Wildman–Crippen LogP) is 1.45. The van der Waals surface area contributed by atoms with Gasteiger partial charge in [-0.05, 0) is 25.6 Å². The first kappa shape index (κ1) is 21.1. The molecule has 0 N–H and O–H groups in total. The highest BCUT2D eigenvalue weighted by molar-refractivity contribution is 5.94. The van der Waals surface area contributed by atoms with Crippen LogP contribution in [0.3, 0.4) is 0 Å². The van der Waals surface area contributed by atoms with E-state index in [2.05, 4.69) is 21.7 Å². The number of hydrogen-bond donors (Lipinski definition) is 0. The van der Waals surface area contributed by atoms with E-state index in [4.69, 9.17) is 4.74 Å². The highest BCUT2D eigenvalue weighted by Crippen LogP contribution is 2.33. The fraction of sp³-hybridized carbons (Fsp3) is 0.682. The van der Waals surface area contributed by atoms with Gasteiger partial charge in [0.05, 0.1) is 12.1 Å². The van der Waals surface area contributed by atoms with Crippen LogP contribution < -0.4 is 0 Å². The number of piperidine rings is 1. The van der Waals surface area contributed by atoms with E-state index >= 15 is 0 Å². The number of pyridine rings is 1. The summed E-state index contributed by atoms with van der Waals surface area (Å²) >= 11 is 0. The van der Waals surface area contributed by atoms with Gasteiger partial charge >= 0.3 is 6.09 Å². The zero-order valence-corrected chi connectivity index (χ0v) is 18.2. The van der Waals surface area contributed by atoms with Gasteiger partial charge in [-0.25, -0.2) is 4.79 Å². The first-order valence-electron chi connectivity index (χ1n) is 11.1. The SMILES string of the molecule is CCN1CCN(CCN2CC3(CCN(C(=O)c4ccc(C)nc4)CC3)OC2=O)CC1. The van der Waals surface area contributed by atoms with Crippen LogP contribution in [0.15, 0.2) is 18.3 Å². The maximum atomic E-state index is 12.7. The maximum absolute atomic E-state index is 12.7. The van der Waals surface area contributed by atoms with Crippen molar-refractivity contribution in [2.45, 2.75) is 32.3 Å². The Hall–Kier alpha value is -2.19. The molecule has 0 aromatic carbocycles. The van der Waals surface area contributed by atoms with Gasteiger partial charge < -0.3 is 19.4 Å². The van der Waals surface area contributed by atoms with Crippen molar-refractivity contribution >= 4 is 12.0 Å². The number of carbonyl (C=O) groups excluding carboxylic acids is 2.